The van der Waals surface area contributed by atoms with E-state index in [1.54, 1.807) is 25.3 Å². The number of amides is 2. The molecule has 1 heterocycles. The van der Waals surface area contributed by atoms with Crippen LogP contribution in [0.4, 0.5) is 0 Å². The third-order valence-corrected chi connectivity index (χ3v) is 5.27. The fraction of sp³-hybridized carbons (Fsp3) is 0.417. The van der Waals surface area contributed by atoms with Crippen molar-refractivity contribution in [2.75, 3.05) is 26.8 Å². The van der Waals surface area contributed by atoms with E-state index in [9.17, 15) is 9.59 Å². The first-order chi connectivity index (χ1) is 14.5. The van der Waals surface area contributed by atoms with Crippen molar-refractivity contribution in [3.8, 4) is 11.5 Å². The Morgan fingerprint density at radius 1 is 1.00 bits per heavy atom. The summed E-state index contributed by atoms with van der Waals surface area (Å²) in [6, 6.07) is 14.7. The van der Waals surface area contributed by atoms with Crippen molar-refractivity contribution in [2.24, 2.45) is 5.92 Å². The molecule has 6 nitrogen and oxygen atoms in total. The Labute approximate surface area is 178 Å². The van der Waals surface area contributed by atoms with E-state index in [2.05, 4.69) is 5.32 Å². The van der Waals surface area contributed by atoms with Crippen molar-refractivity contribution in [2.45, 2.75) is 32.7 Å². The number of rotatable bonds is 7. The Balaban J connectivity index is 1.55. The second kappa shape index (κ2) is 10.1. The van der Waals surface area contributed by atoms with Gasteiger partial charge in [0.1, 0.15) is 11.5 Å². The number of carbonyl (C=O) groups excluding carboxylic acids is 2. The molecule has 0 aromatic heterocycles. The number of methoxy groups -OCH3 is 1. The van der Waals surface area contributed by atoms with Crippen LogP contribution >= 0.6 is 0 Å². The molecule has 2 aromatic carbocycles. The van der Waals surface area contributed by atoms with E-state index < -0.39 is 0 Å². The van der Waals surface area contributed by atoms with Crippen LogP contribution in [0.3, 0.4) is 0 Å². The summed E-state index contributed by atoms with van der Waals surface area (Å²) < 4.78 is 11.3. The minimum Gasteiger partial charge on any atom is -0.496 e. The van der Waals surface area contributed by atoms with Gasteiger partial charge in [-0.2, -0.15) is 0 Å². The van der Waals surface area contributed by atoms with Crippen LogP contribution in [-0.4, -0.2) is 49.6 Å². The first kappa shape index (κ1) is 21.7. The first-order valence-electron chi connectivity index (χ1n) is 10.4. The molecular formula is C24H30N2O4. The standard InChI is InChI=1S/C24H30N2O4/c1-17(2)25-23(27)19-8-4-7-11-22(19)30-16-18-12-14-26(15-13-18)24(28)20-9-5-6-10-21(20)29-3/h4-11,17-18H,12-16H2,1-3H3,(H,25,27). The molecule has 1 aliphatic heterocycles. The number of nitrogens with one attached hydrogen (secondary N) is 1. The number of ether oxygens (including phenoxy) is 2. The molecule has 1 aliphatic rings. The number of hydrogen-bond acceptors (Lipinski definition) is 4. The molecule has 0 saturated carbocycles. The molecule has 160 valence electrons. The molecule has 2 aromatic rings. The molecule has 0 atom stereocenters. The Morgan fingerprint density at radius 2 is 1.60 bits per heavy atom. The van der Waals surface area contributed by atoms with Crippen LogP contribution in [0.5, 0.6) is 11.5 Å². The van der Waals surface area contributed by atoms with Gasteiger partial charge in [0.2, 0.25) is 0 Å². The normalized spacial score (nSPS) is 14.5. The van der Waals surface area contributed by atoms with E-state index >= 15 is 0 Å². The lowest BCUT2D eigenvalue weighted by Gasteiger charge is -2.32. The zero-order valence-corrected chi connectivity index (χ0v) is 17.9. The quantitative estimate of drug-likeness (QED) is 0.755. The van der Waals surface area contributed by atoms with Crippen molar-refractivity contribution in [1.29, 1.82) is 0 Å². The summed E-state index contributed by atoms with van der Waals surface area (Å²) in [5.41, 5.74) is 1.15. The van der Waals surface area contributed by atoms with Crippen LogP contribution < -0.4 is 14.8 Å². The van der Waals surface area contributed by atoms with E-state index in [4.69, 9.17) is 9.47 Å². The van der Waals surface area contributed by atoms with Gasteiger partial charge >= 0.3 is 0 Å². The monoisotopic (exact) mass is 410 g/mol. The van der Waals surface area contributed by atoms with Gasteiger partial charge in [-0.05, 0) is 56.9 Å². The van der Waals surface area contributed by atoms with Crippen LogP contribution in [0.1, 0.15) is 47.4 Å². The predicted octanol–water partition coefficient (Wildman–Crippen LogP) is 3.76. The Hall–Kier alpha value is -3.02. The van der Waals surface area contributed by atoms with Crippen molar-refractivity contribution >= 4 is 11.8 Å². The van der Waals surface area contributed by atoms with Gasteiger partial charge in [-0.25, -0.2) is 0 Å². The van der Waals surface area contributed by atoms with Crippen LogP contribution in [0, 0.1) is 5.92 Å². The molecule has 0 spiro atoms. The molecule has 30 heavy (non-hydrogen) atoms. The summed E-state index contributed by atoms with van der Waals surface area (Å²) in [5, 5.41) is 2.91. The topological polar surface area (TPSA) is 67.9 Å². The van der Waals surface area contributed by atoms with Gasteiger partial charge < -0.3 is 19.7 Å². The smallest absolute Gasteiger partial charge is 0.257 e. The van der Waals surface area contributed by atoms with E-state index in [0.717, 1.165) is 12.8 Å². The molecule has 6 heteroatoms. The van der Waals surface area contributed by atoms with Gasteiger partial charge in [0.25, 0.3) is 11.8 Å². The summed E-state index contributed by atoms with van der Waals surface area (Å²) in [6.45, 7) is 5.76. The lowest BCUT2D eigenvalue weighted by atomic mass is 9.97. The summed E-state index contributed by atoms with van der Waals surface area (Å²) in [4.78, 5) is 27.1. The number of nitrogens with zero attached hydrogens (tertiary/aromatic N) is 1. The molecule has 1 N–H and O–H groups in total. The maximum atomic E-state index is 12.8. The number of para-hydroxylation sites is 2. The van der Waals surface area contributed by atoms with Gasteiger partial charge in [0.15, 0.2) is 0 Å². The zero-order valence-electron chi connectivity index (χ0n) is 17.9. The predicted molar refractivity (Wildman–Crippen MR) is 116 cm³/mol. The SMILES string of the molecule is COc1ccccc1C(=O)N1CCC(COc2ccccc2C(=O)NC(C)C)CC1. The van der Waals surface area contributed by atoms with Gasteiger partial charge in [0, 0.05) is 19.1 Å². The second-order valence-electron chi connectivity index (χ2n) is 7.87. The summed E-state index contributed by atoms with van der Waals surface area (Å²) in [7, 11) is 1.58. The van der Waals surface area contributed by atoms with E-state index in [0.29, 0.717) is 48.2 Å². The summed E-state index contributed by atoms with van der Waals surface area (Å²) in [6.07, 6.45) is 1.72. The highest BCUT2D eigenvalue weighted by Gasteiger charge is 2.26. The van der Waals surface area contributed by atoms with Crippen LogP contribution in [0.25, 0.3) is 0 Å². The molecule has 0 unspecified atom stereocenters. The molecule has 0 aliphatic carbocycles. The summed E-state index contributed by atoms with van der Waals surface area (Å²) in [5.74, 6) is 1.42. The maximum absolute atomic E-state index is 12.8. The summed E-state index contributed by atoms with van der Waals surface area (Å²) >= 11 is 0. The Kier molecular flexibility index (Phi) is 7.33. The van der Waals surface area contributed by atoms with Crippen molar-refractivity contribution < 1.29 is 19.1 Å². The third kappa shape index (κ3) is 5.32. The highest BCUT2D eigenvalue weighted by molar-refractivity contribution is 5.97. The van der Waals surface area contributed by atoms with Gasteiger partial charge in [-0.1, -0.05) is 24.3 Å². The fourth-order valence-electron chi connectivity index (χ4n) is 3.62. The molecular weight excluding hydrogens is 380 g/mol. The molecule has 3 rings (SSSR count). The highest BCUT2D eigenvalue weighted by Crippen LogP contribution is 2.25. The van der Waals surface area contributed by atoms with Gasteiger partial charge in [-0.15, -0.1) is 0 Å². The molecule has 1 fully saturated rings. The first-order valence-corrected chi connectivity index (χ1v) is 10.4. The van der Waals surface area contributed by atoms with Gasteiger partial charge in [-0.3, -0.25) is 9.59 Å². The maximum Gasteiger partial charge on any atom is 0.257 e. The number of hydrogen-bond donors (Lipinski definition) is 1. The number of likely N-dealkylation sites (tertiary alicyclic amines) is 1. The minimum absolute atomic E-state index is 0.00233. The minimum atomic E-state index is -0.127. The average molecular weight is 411 g/mol. The van der Waals surface area contributed by atoms with E-state index in [1.165, 1.54) is 0 Å². The number of carbonyl (C=O) groups is 2. The third-order valence-electron chi connectivity index (χ3n) is 5.27. The lowest BCUT2D eigenvalue weighted by molar-refractivity contribution is 0.0656. The van der Waals surface area contributed by atoms with Crippen molar-refractivity contribution in [3.05, 3.63) is 59.7 Å². The van der Waals surface area contributed by atoms with Crippen LogP contribution in [-0.2, 0) is 0 Å². The molecule has 0 radical (unpaired) electrons. The number of benzene rings is 2. The average Bonchev–Trinajstić information content (AvgIpc) is 2.77. The number of piperidine rings is 1. The van der Waals surface area contributed by atoms with Crippen molar-refractivity contribution in [1.82, 2.24) is 10.2 Å². The van der Waals surface area contributed by atoms with E-state index in [1.807, 2.05) is 49.1 Å². The second-order valence-corrected chi connectivity index (χ2v) is 7.87. The van der Waals surface area contributed by atoms with E-state index in [-0.39, 0.29) is 17.9 Å². The lowest BCUT2D eigenvalue weighted by Crippen LogP contribution is -2.39. The largest absolute Gasteiger partial charge is 0.496 e. The molecule has 2 amide bonds. The Morgan fingerprint density at radius 3 is 2.23 bits per heavy atom. The van der Waals surface area contributed by atoms with Crippen LogP contribution in [0.15, 0.2) is 48.5 Å². The van der Waals surface area contributed by atoms with Gasteiger partial charge in [0.05, 0.1) is 24.8 Å². The fourth-order valence-corrected chi connectivity index (χ4v) is 3.62. The van der Waals surface area contributed by atoms with Crippen molar-refractivity contribution in [3.63, 3.8) is 0 Å². The van der Waals surface area contributed by atoms with Crippen LogP contribution in [0.2, 0.25) is 0 Å². The zero-order chi connectivity index (χ0) is 21.5. The highest BCUT2D eigenvalue weighted by atomic mass is 16.5. The Bertz CT molecular complexity index is 873. The molecule has 0 bridgehead atoms. The molecule has 1 saturated heterocycles.